The lowest BCUT2D eigenvalue weighted by Crippen LogP contribution is -2.49. The van der Waals surface area contributed by atoms with Gasteiger partial charge < -0.3 is 15.2 Å². The standard InChI is InChI=1S/C20H36N3O6P/c1-13(2)9-15(19(26)22-16(10-14(3)4)20(27)21-5)11-30(28,29-6)12-23-17(24)7-8-18(23)25/h13-16H,7-12H2,1-6H3,(H,21,27)(H,22,26)/t15?,16-,30?/m0/s1. The Hall–Kier alpha value is -1.73. The van der Waals surface area contributed by atoms with Gasteiger partial charge in [0.15, 0.2) is 0 Å². The van der Waals surface area contributed by atoms with Crippen molar-refractivity contribution >= 4 is 31.0 Å². The molecular formula is C20H36N3O6P. The Morgan fingerprint density at radius 2 is 1.57 bits per heavy atom. The molecule has 1 heterocycles. The maximum atomic E-state index is 13.4. The second-order valence-electron chi connectivity index (χ2n) is 8.67. The SMILES string of the molecule is CNC(=O)[C@H](CC(C)C)NC(=O)C(CC(C)C)CP(=O)(CN1C(=O)CCC1=O)OC. The van der Waals surface area contributed by atoms with Crippen LogP contribution in [-0.2, 0) is 28.3 Å². The van der Waals surface area contributed by atoms with Gasteiger partial charge in [-0.1, -0.05) is 27.7 Å². The van der Waals surface area contributed by atoms with Crippen LogP contribution in [0.25, 0.3) is 0 Å². The highest BCUT2D eigenvalue weighted by Crippen LogP contribution is 2.49. The van der Waals surface area contributed by atoms with Gasteiger partial charge in [0.05, 0.1) is 0 Å². The summed E-state index contributed by atoms with van der Waals surface area (Å²) in [6.45, 7) is 7.79. The van der Waals surface area contributed by atoms with E-state index in [1.54, 1.807) is 0 Å². The average Bonchev–Trinajstić information content (AvgIpc) is 2.97. The Bertz CT molecular complexity index is 678. The van der Waals surface area contributed by atoms with Crippen LogP contribution in [0.4, 0.5) is 0 Å². The number of carbonyl (C=O) groups is 4. The van der Waals surface area contributed by atoms with E-state index < -0.39 is 19.3 Å². The van der Waals surface area contributed by atoms with Gasteiger partial charge in [0.2, 0.25) is 31.0 Å². The Kier molecular flexibility index (Phi) is 10.2. The molecule has 172 valence electrons. The lowest BCUT2D eigenvalue weighted by Gasteiger charge is -2.28. The average molecular weight is 445 g/mol. The van der Waals surface area contributed by atoms with E-state index in [1.807, 2.05) is 27.7 Å². The summed E-state index contributed by atoms with van der Waals surface area (Å²) in [6.07, 6.45) is 0.672. The Labute approximate surface area is 179 Å². The van der Waals surface area contributed by atoms with E-state index in [4.69, 9.17) is 4.52 Å². The molecule has 0 radical (unpaired) electrons. The number of amides is 4. The second kappa shape index (κ2) is 11.6. The van der Waals surface area contributed by atoms with Crippen LogP contribution >= 0.6 is 7.37 Å². The number of likely N-dealkylation sites (tertiary alicyclic amines) is 1. The van der Waals surface area contributed by atoms with Gasteiger partial charge >= 0.3 is 0 Å². The van der Waals surface area contributed by atoms with Crippen molar-refractivity contribution in [3.8, 4) is 0 Å². The second-order valence-corrected chi connectivity index (χ2v) is 11.3. The summed E-state index contributed by atoms with van der Waals surface area (Å²) in [5, 5.41) is 5.35. The minimum absolute atomic E-state index is 0.0987. The molecule has 0 aromatic carbocycles. The summed E-state index contributed by atoms with van der Waals surface area (Å²) in [5.41, 5.74) is 0. The molecule has 1 fully saturated rings. The molecule has 2 unspecified atom stereocenters. The molecule has 1 aliphatic heterocycles. The first-order valence-corrected chi connectivity index (χ1v) is 12.4. The fourth-order valence-electron chi connectivity index (χ4n) is 3.52. The molecule has 0 aliphatic carbocycles. The zero-order chi connectivity index (χ0) is 23.1. The van der Waals surface area contributed by atoms with E-state index in [0.717, 1.165) is 4.90 Å². The molecule has 0 saturated carbocycles. The maximum Gasteiger partial charge on any atom is 0.242 e. The molecule has 0 spiro atoms. The van der Waals surface area contributed by atoms with Crippen molar-refractivity contribution in [2.24, 2.45) is 17.8 Å². The van der Waals surface area contributed by atoms with Gasteiger partial charge in [0, 0.05) is 39.1 Å². The number of imide groups is 1. The van der Waals surface area contributed by atoms with Crippen LogP contribution in [0.15, 0.2) is 0 Å². The number of rotatable bonds is 12. The van der Waals surface area contributed by atoms with Crippen LogP contribution in [0, 0.1) is 17.8 Å². The van der Waals surface area contributed by atoms with Crippen LogP contribution < -0.4 is 10.6 Å². The predicted octanol–water partition coefficient (Wildman–Crippen LogP) is 1.96. The van der Waals surface area contributed by atoms with E-state index in [2.05, 4.69) is 10.6 Å². The summed E-state index contributed by atoms with van der Waals surface area (Å²) in [5.74, 6) is -1.78. The molecule has 2 N–H and O–H groups in total. The van der Waals surface area contributed by atoms with Crippen LogP contribution in [-0.4, -0.2) is 61.2 Å². The topological polar surface area (TPSA) is 122 Å². The molecule has 1 saturated heterocycles. The summed E-state index contributed by atoms with van der Waals surface area (Å²) in [4.78, 5) is 50.1. The summed E-state index contributed by atoms with van der Waals surface area (Å²) in [7, 11) is -0.692. The van der Waals surface area contributed by atoms with Gasteiger partial charge in [0.25, 0.3) is 0 Å². The predicted molar refractivity (Wildman–Crippen MR) is 114 cm³/mol. The molecule has 9 nitrogen and oxygen atoms in total. The summed E-state index contributed by atoms with van der Waals surface area (Å²) >= 11 is 0. The number of likely N-dealkylation sites (N-methyl/N-ethyl adjacent to an activating group) is 1. The minimum Gasteiger partial charge on any atom is -0.357 e. The molecule has 0 aromatic heterocycles. The highest BCUT2D eigenvalue weighted by atomic mass is 31.2. The third-order valence-corrected chi connectivity index (χ3v) is 7.43. The van der Waals surface area contributed by atoms with Crippen molar-refractivity contribution in [3.05, 3.63) is 0 Å². The van der Waals surface area contributed by atoms with E-state index >= 15 is 0 Å². The summed E-state index contributed by atoms with van der Waals surface area (Å²) in [6, 6.07) is -0.694. The normalized spacial score (nSPS) is 18.5. The largest absolute Gasteiger partial charge is 0.357 e. The van der Waals surface area contributed by atoms with E-state index in [0.29, 0.717) is 12.8 Å². The Morgan fingerprint density at radius 3 is 2.00 bits per heavy atom. The van der Waals surface area contributed by atoms with Crippen molar-refractivity contribution in [2.45, 2.75) is 59.4 Å². The van der Waals surface area contributed by atoms with E-state index in [1.165, 1.54) is 14.2 Å². The summed E-state index contributed by atoms with van der Waals surface area (Å²) < 4.78 is 18.6. The third kappa shape index (κ3) is 7.84. The van der Waals surface area contributed by atoms with Gasteiger partial charge in [-0.05, 0) is 24.7 Å². The van der Waals surface area contributed by atoms with Crippen LogP contribution in [0.1, 0.15) is 53.4 Å². The van der Waals surface area contributed by atoms with Crippen molar-refractivity contribution in [3.63, 3.8) is 0 Å². The molecule has 3 atom stereocenters. The molecule has 10 heteroatoms. The fourth-order valence-corrected chi connectivity index (χ4v) is 5.63. The lowest BCUT2D eigenvalue weighted by atomic mass is 9.96. The van der Waals surface area contributed by atoms with Crippen LogP contribution in [0.3, 0.4) is 0 Å². The highest BCUT2D eigenvalue weighted by molar-refractivity contribution is 7.59. The zero-order valence-electron chi connectivity index (χ0n) is 18.9. The fraction of sp³-hybridized carbons (Fsp3) is 0.800. The lowest BCUT2D eigenvalue weighted by molar-refractivity contribution is -0.137. The van der Waals surface area contributed by atoms with Crippen LogP contribution in [0.5, 0.6) is 0 Å². The van der Waals surface area contributed by atoms with Crippen molar-refractivity contribution in [1.82, 2.24) is 15.5 Å². The monoisotopic (exact) mass is 445 g/mol. The Balaban J connectivity index is 3.01. The highest BCUT2D eigenvalue weighted by Gasteiger charge is 2.39. The molecule has 30 heavy (non-hydrogen) atoms. The number of hydrogen-bond acceptors (Lipinski definition) is 6. The van der Waals surface area contributed by atoms with E-state index in [-0.39, 0.29) is 60.8 Å². The molecule has 1 aliphatic rings. The molecule has 4 amide bonds. The molecule has 1 rings (SSSR count). The van der Waals surface area contributed by atoms with Crippen molar-refractivity contribution in [2.75, 3.05) is 26.6 Å². The molecule has 0 bridgehead atoms. The maximum absolute atomic E-state index is 13.4. The number of hydrogen-bond donors (Lipinski definition) is 2. The minimum atomic E-state index is -3.47. The smallest absolute Gasteiger partial charge is 0.242 e. The quantitative estimate of drug-likeness (QED) is 0.350. The van der Waals surface area contributed by atoms with Gasteiger partial charge in [-0.3, -0.25) is 28.6 Å². The molecular weight excluding hydrogens is 409 g/mol. The number of nitrogens with one attached hydrogen (secondary N) is 2. The van der Waals surface area contributed by atoms with Gasteiger partial charge in [-0.2, -0.15) is 0 Å². The van der Waals surface area contributed by atoms with E-state index in [9.17, 15) is 23.7 Å². The first-order chi connectivity index (χ1) is 13.9. The van der Waals surface area contributed by atoms with Crippen molar-refractivity contribution in [1.29, 1.82) is 0 Å². The van der Waals surface area contributed by atoms with Crippen molar-refractivity contribution < 1.29 is 28.3 Å². The first kappa shape index (κ1) is 26.3. The Morgan fingerprint density at radius 1 is 1.03 bits per heavy atom. The first-order valence-electron chi connectivity index (χ1n) is 10.4. The number of carbonyl (C=O) groups excluding carboxylic acids is 4. The zero-order valence-corrected chi connectivity index (χ0v) is 19.8. The van der Waals surface area contributed by atoms with Gasteiger partial charge in [-0.25, -0.2) is 0 Å². The molecule has 0 aromatic rings. The van der Waals surface area contributed by atoms with Gasteiger partial charge in [0.1, 0.15) is 12.3 Å². The van der Waals surface area contributed by atoms with Gasteiger partial charge in [-0.15, -0.1) is 0 Å². The third-order valence-electron chi connectivity index (χ3n) is 5.06. The van der Waals surface area contributed by atoms with Crippen LogP contribution in [0.2, 0.25) is 0 Å². The number of nitrogens with zero attached hydrogens (tertiary/aromatic N) is 1.